The van der Waals surface area contributed by atoms with Crippen LogP contribution in [0, 0.1) is 18.8 Å². The predicted octanol–water partition coefficient (Wildman–Crippen LogP) is 0.983. The molecule has 3 heterocycles. The Bertz CT molecular complexity index is 581. The summed E-state index contributed by atoms with van der Waals surface area (Å²) in [4.78, 5) is 27.7. The SMILES string of the molecule is Cc1ccc(NC(=O)C2C3C=CC(O3)C2C(=O)O)nc1. The van der Waals surface area contributed by atoms with Gasteiger partial charge in [-0.2, -0.15) is 0 Å². The van der Waals surface area contributed by atoms with Gasteiger partial charge >= 0.3 is 5.97 Å². The van der Waals surface area contributed by atoms with Gasteiger partial charge in [0, 0.05) is 6.20 Å². The highest BCUT2D eigenvalue weighted by molar-refractivity contribution is 5.96. The Morgan fingerprint density at radius 1 is 1.25 bits per heavy atom. The largest absolute Gasteiger partial charge is 0.481 e. The van der Waals surface area contributed by atoms with E-state index in [2.05, 4.69) is 10.3 Å². The van der Waals surface area contributed by atoms with Gasteiger partial charge in [0.1, 0.15) is 11.7 Å². The van der Waals surface area contributed by atoms with Crippen LogP contribution in [-0.4, -0.2) is 34.2 Å². The average molecular weight is 274 g/mol. The molecule has 4 unspecified atom stereocenters. The number of carboxylic acid groups (broad SMARTS) is 1. The Kier molecular flexibility index (Phi) is 3.02. The zero-order valence-electron chi connectivity index (χ0n) is 10.8. The minimum Gasteiger partial charge on any atom is -0.481 e. The molecule has 1 aromatic heterocycles. The molecule has 0 aromatic carbocycles. The Labute approximate surface area is 115 Å². The van der Waals surface area contributed by atoms with E-state index in [4.69, 9.17) is 4.74 Å². The molecular weight excluding hydrogens is 260 g/mol. The molecule has 0 aliphatic carbocycles. The second kappa shape index (κ2) is 4.72. The van der Waals surface area contributed by atoms with Crippen LogP contribution in [0.15, 0.2) is 30.5 Å². The van der Waals surface area contributed by atoms with Crippen molar-refractivity contribution in [1.29, 1.82) is 0 Å². The third-order valence-electron chi connectivity index (χ3n) is 3.65. The second-order valence-electron chi connectivity index (χ2n) is 5.05. The molecule has 0 saturated carbocycles. The maximum Gasteiger partial charge on any atom is 0.310 e. The number of carbonyl (C=O) groups excluding carboxylic acids is 1. The van der Waals surface area contributed by atoms with Gasteiger partial charge in [-0.25, -0.2) is 4.98 Å². The molecule has 0 spiro atoms. The predicted molar refractivity (Wildman–Crippen MR) is 70.0 cm³/mol. The summed E-state index contributed by atoms with van der Waals surface area (Å²) < 4.78 is 5.46. The summed E-state index contributed by atoms with van der Waals surface area (Å²) in [7, 11) is 0. The van der Waals surface area contributed by atoms with Gasteiger partial charge in [0.15, 0.2) is 0 Å². The van der Waals surface area contributed by atoms with Crippen molar-refractivity contribution >= 4 is 17.7 Å². The fourth-order valence-electron chi connectivity index (χ4n) is 2.67. The van der Waals surface area contributed by atoms with Gasteiger partial charge in [0.2, 0.25) is 5.91 Å². The number of ether oxygens (including phenoxy) is 1. The summed E-state index contributed by atoms with van der Waals surface area (Å²) in [6, 6.07) is 3.52. The molecule has 3 rings (SSSR count). The van der Waals surface area contributed by atoms with Gasteiger partial charge in [-0.15, -0.1) is 0 Å². The summed E-state index contributed by atoms with van der Waals surface area (Å²) in [6.07, 6.45) is 4.11. The number of aromatic nitrogens is 1. The van der Waals surface area contributed by atoms with Crippen LogP contribution in [0.25, 0.3) is 0 Å². The highest BCUT2D eigenvalue weighted by Gasteiger charge is 2.53. The Hall–Kier alpha value is -2.21. The summed E-state index contributed by atoms with van der Waals surface area (Å²) in [5, 5.41) is 11.9. The lowest BCUT2D eigenvalue weighted by Gasteiger charge is -2.20. The van der Waals surface area contributed by atoms with Gasteiger partial charge in [0.25, 0.3) is 0 Å². The summed E-state index contributed by atoms with van der Waals surface area (Å²) in [5.74, 6) is -2.53. The molecule has 2 N–H and O–H groups in total. The first-order chi connectivity index (χ1) is 9.56. The number of anilines is 1. The maximum absolute atomic E-state index is 12.3. The molecule has 2 bridgehead atoms. The summed E-state index contributed by atoms with van der Waals surface area (Å²) in [5.41, 5.74) is 0.984. The standard InChI is InChI=1S/C14H14N2O4/c1-7-2-5-10(15-6-7)16-13(17)11-8-3-4-9(20-8)12(11)14(18)19/h2-6,8-9,11-12H,1H3,(H,18,19)(H,15,16,17). The number of nitrogens with one attached hydrogen (secondary N) is 1. The molecule has 20 heavy (non-hydrogen) atoms. The van der Waals surface area contributed by atoms with Gasteiger partial charge in [-0.05, 0) is 18.6 Å². The average Bonchev–Trinajstić information content (AvgIpc) is 3.01. The van der Waals surface area contributed by atoms with Crippen molar-refractivity contribution in [1.82, 2.24) is 4.98 Å². The van der Waals surface area contributed by atoms with Gasteiger partial charge < -0.3 is 15.2 Å². The van der Waals surface area contributed by atoms with E-state index >= 15 is 0 Å². The number of hydrogen-bond donors (Lipinski definition) is 2. The second-order valence-corrected chi connectivity index (χ2v) is 5.05. The number of hydrogen-bond acceptors (Lipinski definition) is 4. The summed E-state index contributed by atoms with van der Waals surface area (Å²) >= 11 is 0. The van der Waals surface area contributed by atoms with Crippen molar-refractivity contribution in [2.75, 3.05) is 5.32 Å². The highest BCUT2D eigenvalue weighted by atomic mass is 16.5. The van der Waals surface area contributed by atoms with Crippen LogP contribution < -0.4 is 5.32 Å². The number of carbonyl (C=O) groups is 2. The molecule has 1 saturated heterocycles. The molecule has 0 radical (unpaired) electrons. The number of carboxylic acids is 1. The van der Waals surface area contributed by atoms with Crippen LogP contribution in [0.5, 0.6) is 0 Å². The fourth-order valence-corrected chi connectivity index (χ4v) is 2.67. The maximum atomic E-state index is 12.3. The number of aliphatic carboxylic acids is 1. The monoisotopic (exact) mass is 274 g/mol. The van der Waals surface area contributed by atoms with Gasteiger partial charge in [-0.3, -0.25) is 9.59 Å². The number of nitrogens with zero attached hydrogens (tertiary/aromatic N) is 1. The zero-order chi connectivity index (χ0) is 14.3. The lowest BCUT2D eigenvalue weighted by atomic mass is 9.82. The minimum absolute atomic E-state index is 0.370. The topological polar surface area (TPSA) is 88.5 Å². The number of rotatable bonds is 3. The normalized spacial score (nSPS) is 30.4. The van der Waals surface area contributed by atoms with Crippen molar-refractivity contribution in [2.24, 2.45) is 11.8 Å². The third kappa shape index (κ3) is 2.08. The van der Waals surface area contributed by atoms with E-state index in [9.17, 15) is 14.7 Å². The van der Waals surface area contributed by atoms with Crippen molar-refractivity contribution in [3.05, 3.63) is 36.0 Å². The first kappa shape index (κ1) is 12.8. The van der Waals surface area contributed by atoms with E-state index < -0.39 is 30.0 Å². The van der Waals surface area contributed by atoms with Crippen LogP contribution in [0.1, 0.15) is 5.56 Å². The van der Waals surface area contributed by atoms with E-state index in [0.29, 0.717) is 5.82 Å². The first-order valence-corrected chi connectivity index (χ1v) is 6.36. The molecule has 2 aliphatic rings. The summed E-state index contributed by atoms with van der Waals surface area (Å²) in [6.45, 7) is 1.90. The van der Waals surface area contributed by atoms with E-state index in [1.807, 2.05) is 13.0 Å². The van der Waals surface area contributed by atoms with Crippen molar-refractivity contribution in [3.63, 3.8) is 0 Å². The fraction of sp³-hybridized carbons (Fsp3) is 0.357. The van der Waals surface area contributed by atoms with E-state index in [1.54, 1.807) is 24.4 Å². The molecule has 1 fully saturated rings. The van der Waals surface area contributed by atoms with Crippen LogP contribution in [-0.2, 0) is 14.3 Å². The molecular formula is C14H14N2O4. The zero-order valence-corrected chi connectivity index (χ0v) is 10.8. The molecule has 104 valence electrons. The molecule has 1 aromatic rings. The van der Waals surface area contributed by atoms with Crippen molar-refractivity contribution < 1.29 is 19.4 Å². The Balaban J connectivity index is 1.78. The Morgan fingerprint density at radius 2 is 1.95 bits per heavy atom. The van der Waals surface area contributed by atoms with Gasteiger partial charge in [0.05, 0.1) is 18.1 Å². The highest BCUT2D eigenvalue weighted by Crippen LogP contribution is 2.39. The molecule has 1 amide bonds. The quantitative estimate of drug-likeness (QED) is 0.802. The lowest BCUT2D eigenvalue weighted by molar-refractivity contribution is -0.145. The smallest absolute Gasteiger partial charge is 0.310 e. The third-order valence-corrected chi connectivity index (χ3v) is 3.65. The van der Waals surface area contributed by atoms with Gasteiger partial charge in [-0.1, -0.05) is 18.2 Å². The molecule has 4 atom stereocenters. The molecule has 2 aliphatic heterocycles. The lowest BCUT2D eigenvalue weighted by Crippen LogP contribution is -2.39. The van der Waals surface area contributed by atoms with Crippen LogP contribution in [0.4, 0.5) is 5.82 Å². The van der Waals surface area contributed by atoms with Crippen LogP contribution in [0.3, 0.4) is 0 Å². The van der Waals surface area contributed by atoms with Crippen LogP contribution in [0.2, 0.25) is 0 Å². The number of amides is 1. The van der Waals surface area contributed by atoms with E-state index in [1.165, 1.54) is 0 Å². The van der Waals surface area contributed by atoms with Crippen molar-refractivity contribution in [2.45, 2.75) is 19.1 Å². The minimum atomic E-state index is -1.01. The molecule has 6 nitrogen and oxygen atoms in total. The first-order valence-electron chi connectivity index (χ1n) is 6.36. The van der Waals surface area contributed by atoms with Crippen LogP contribution >= 0.6 is 0 Å². The number of fused-ring (bicyclic) bond motifs is 2. The van der Waals surface area contributed by atoms with E-state index in [-0.39, 0.29) is 5.91 Å². The van der Waals surface area contributed by atoms with Crippen molar-refractivity contribution in [3.8, 4) is 0 Å². The number of aryl methyl sites for hydroxylation is 1. The number of pyridine rings is 1. The Morgan fingerprint density at radius 3 is 2.55 bits per heavy atom. The molecule has 6 heteroatoms. The van der Waals surface area contributed by atoms with E-state index in [0.717, 1.165) is 5.56 Å².